The van der Waals surface area contributed by atoms with Crippen molar-refractivity contribution in [2.45, 2.75) is 18.4 Å². The summed E-state index contributed by atoms with van der Waals surface area (Å²) < 4.78 is 27.9. The highest BCUT2D eigenvalue weighted by Gasteiger charge is 2.47. The van der Waals surface area contributed by atoms with Crippen LogP contribution in [0.15, 0.2) is 36.4 Å². The quantitative estimate of drug-likeness (QED) is 0.703. The Morgan fingerprint density at radius 3 is 2.69 bits per heavy atom. The molecule has 1 heterocycles. The Morgan fingerprint density at radius 1 is 1.27 bits per heavy atom. The standard InChI is InChI=1S/C18H14F2IN3O2/c19-18(20)7-11(8-22)24(10-18)16(25)9-23-17(26)14-5-1-4-13-12(14)3-2-6-15(13)21/h1-6,11H,7,9-10H2,(H,23,26)/t11-/m0/s1. The summed E-state index contributed by atoms with van der Waals surface area (Å²) in [6.45, 7) is -1.24. The van der Waals surface area contributed by atoms with E-state index >= 15 is 0 Å². The summed E-state index contributed by atoms with van der Waals surface area (Å²) in [7, 11) is 0. The van der Waals surface area contributed by atoms with E-state index in [1.807, 2.05) is 18.2 Å². The van der Waals surface area contributed by atoms with Gasteiger partial charge < -0.3 is 10.2 Å². The summed E-state index contributed by atoms with van der Waals surface area (Å²) >= 11 is 2.17. The fourth-order valence-electron chi connectivity index (χ4n) is 3.02. The van der Waals surface area contributed by atoms with E-state index < -0.39 is 43.3 Å². The number of amides is 2. The number of halogens is 3. The van der Waals surface area contributed by atoms with Crippen LogP contribution in [0.5, 0.6) is 0 Å². The summed E-state index contributed by atoms with van der Waals surface area (Å²) in [5.41, 5.74) is 0.400. The second-order valence-corrected chi connectivity index (χ2v) is 7.21. The zero-order chi connectivity index (χ0) is 18.9. The van der Waals surface area contributed by atoms with Crippen LogP contribution in [0.1, 0.15) is 16.8 Å². The van der Waals surface area contributed by atoms with Crippen molar-refractivity contribution in [3.63, 3.8) is 0 Å². The molecule has 1 fully saturated rings. The summed E-state index contributed by atoms with van der Waals surface area (Å²) in [6, 6.07) is 11.4. The first-order valence-electron chi connectivity index (χ1n) is 7.85. The predicted octanol–water partition coefficient (Wildman–Crippen LogP) is 2.93. The molecule has 1 aliphatic rings. The lowest BCUT2D eigenvalue weighted by Crippen LogP contribution is -2.43. The van der Waals surface area contributed by atoms with Gasteiger partial charge in [-0.2, -0.15) is 5.26 Å². The van der Waals surface area contributed by atoms with Gasteiger partial charge in [-0.3, -0.25) is 9.59 Å². The number of alkyl halides is 2. The molecule has 0 bridgehead atoms. The van der Waals surface area contributed by atoms with Crippen LogP contribution in [0.25, 0.3) is 10.8 Å². The normalized spacial score (nSPS) is 18.5. The molecule has 5 nitrogen and oxygen atoms in total. The summed E-state index contributed by atoms with van der Waals surface area (Å²) in [4.78, 5) is 25.5. The average molecular weight is 469 g/mol. The molecule has 1 N–H and O–H groups in total. The first kappa shape index (κ1) is 18.5. The number of hydrogen-bond acceptors (Lipinski definition) is 3. The van der Waals surface area contributed by atoms with E-state index in [9.17, 15) is 18.4 Å². The monoisotopic (exact) mass is 469 g/mol. The molecule has 2 aromatic carbocycles. The van der Waals surface area contributed by atoms with E-state index in [2.05, 4.69) is 27.9 Å². The van der Waals surface area contributed by atoms with Gasteiger partial charge in [0.2, 0.25) is 5.91 Å². The predicted molar refractivity (Wildman–Crippen MR) is 99.7 cm³/mol. The Bertz CT molecular complexity index is 926. The summed E-state index contributed by atoms with van der Waals surface area (Å²) in [5, 5.41) is 13.1. The maximum Gasteiger partial charge on any atom is 0.268 e. The molecule has 3 rings (SSSR count). The highest BCUT2D eigenvalue weighted by atomic mass is 127. The molecule has 8 heteroatoms. The summed E-state index contributed by atoms with van der Waals surface area (Å²) in [5.74, 6) is -4.24. The van der Waals surface area contributed by atoms with Gasteiger partial charge in [0.05, 0.1) is 19.2 Å². The van der Waals surface area contributed by atoms with Crippen LogP contribution in [0.4, 0.5) is 8.78 Å². The number of likely N-dealkylation sites (tertiary alicyclic amines) is 1. The molecule has 0 aliphatic carbocycles. The molecular weight excluding hydrogens is 455 g/mol. The third-order valence-corrected chi connectivity index (χ3v) is 5.19. The third kappa shape index (κ3) is 3.62. The number of nitriles is 1. The molecule has 1 atom stereocenters. The number of benzene rings is 2. The molecule has 26 heavy (non-hydrogen) atoms. The van der Waals surface area contributed by atoms with Crippen LogP contribution in [-0.4, -0.2) is 41.8 Å². The van der Waals surface area contributed by atoms with Crippen LogP contribution < -0.4 is 5.32 Å². The van der Waals surface area contributed by atoms with Gasteiger partial charge in [-0.15, -0.1) is 0 Å². The van der Waals surface area contributed by atoms with E-state index in [1.165, 1.54) is 0 Å². The first-order chi connectivity index (χ1) is 12.3. The third-order valence-electron chi connectivity index (χ3n) is 4.25. The van der Waals surface area contributed by atoms with Gasteiger partial charge in [-0.25, -0.2) is 8.78 Å². The number of hydrogen-bond donors (Lipinski definition) is 1. The second-order valence-electron chi connectivity index (χ2n) is 6.05. The van der Waals surface area contributed by atoms with E-state index in [1.54, 1.807) is 24.3 Å². The second kappa shape index (κ2) is 7.15. The van der Waals surface area contributed by atoms with Crippen molar-refractivity contribution < 1.29 is 18.4 Å². The van der Waals surface area contributed by atoms with Crippen molar-refractivity contribution in [1.29, 1.82) is 5.26 Å². The maximum absolute atomic E-state index is 13.4. The lowest BCUT2D eigenvalue weighted by atomic mass is 10.0. The molecule has 0 saturated carbocycles. The van der Waals surface area contributed by atoms with Crippen molar-refractivity contribution in [1.82, 2.24) is 10.2 Å². The van der Waals surface area contributed by atoms with Crippen molar-refractivity contribution in [2.75, 3.05) is 13.1 Å². The van der Waals surface area contributed by atoms with Gasteiger partial charge in [-0.1, -0.05) is 24.3 Å². The van der Waals surface area contributed by atoms with Gasteiger partial charge in [0.25, 0.3) is 11.8 Å². The Labute approximate surface area is 162 Å². The molecule has 2 aromatic rings. The van der Waals surface area contributed by atoms with E-state index in [0.717, 1.165) is 19.2 Å². The van der Waals surface area contributed by atoms with Crippen LogP contribution in [0, 0.1) is 14.9 Å². The van der Waals surface area contributed by atoms with Crippen LogP contribution in [-0.2, 0) is 4.79 Å². The number of fused-ring (bicyclic) bond motifs is 1. The molecular formula is C18H14F2IN3O2. The number of nitrogens with one attached hydrogen (secondary N) is 1. The molecule has 0 radical (unpaired) electrons. The number of carbonyl (C=O) groups excluding carboxylic acids is 2. The minimum Gasteiger partial charge on any atom is -0.343 e. The molecule has 2 amide bonds. The van der Waals surface area contributed by atoms with Gasteiger partial charge in [0.15, 0.2) is 0 Å². The average Bonchev–Trinajstić information content (AvgIpc) is 2.94. The highest BCUT2D eigenvalue weighted by Crippen LogP contribution is 2.31. The molecule has 0 unspecified atom stereocenters. The van der Waals surface area contributed by atoms with E-state index in [0.29, 0.717) is 5.56 Å². The minimum absolute atomic E-state index is 0.400. The topological polar surface area (TPSA) is 73.2 Å². The van der Waals surface area contributed by atoms with Crippen molar-refractivity contribution in [3.05, 3.63) is 45.5 Å². The van der Waals surface area contributed by atoms with Gasteiger partial charge in [0.1, 0.15) is 6.04 Å². The fourth-order valence-corrected chi connectivity index (χ4v) is 3.69. The van der Waals surface area contributed by atoms with Crippen LogP contribution >= 0.6 is 22.6 Å². The SMILES string of the molecule is N#C[C@@H]1CC(F)(F)CN1C(=O)CNC(=O)c1cccc2c(I)cccc12. The van der Waals surface area contributed by atoms with Gasteiger partial charge >= 0.3 is 0 Å². The Morgan fingerprint density at radius 2 is 1.96 bits per heavy atom. The molecule has 1 aliphatic heterocycles. The first-order valence-corrected chi connectivity index (χ1v) is 8.92. The molecule has 134 valence electrons. The lowest BCUT2D eigenvalue weighted by Gasteiger charge is -2.19. The molecule has 0 aromatic heterocycles. The highest BCUT2D eigenvalue weighted by molar-refractivity contribution is 14.1. The van der Waals surface area contributed by atoms with E-state index in [4.69, 9.17) is 5.26 Å². The maximum atomic E-state index is 13.4. The minimum atomic E-state index is -3.08. The van der Waals surface area contributed by atoms with Crippen molar-refractivity contribution in [3.8, 4) is 6.07 Å². The Hall–Kier alpha value is -2.28. The molecule has 1 saturated heterocycles. The molecule has 0 spiro atoms. The van der Waals surface area contributed by atoms with Crippen molar-refractivity contribution in [2.24, 2.45) is 0 Å². The van der Waals surface area contributed by atoms with Crippen LogP contribution in [0.2, 0.25) is 0 Å². The zero-order valence-electron chi connectivity index (χ0n) is 13.5. The van der Waals surface area contributed by atoms with Crippen LogP contribution in [0.3, 0.4) is 0 Å². The number of carbonyl (C=O) groups is 2. The number of rotatable bonds is 3. The number of nitrogens with zero attached hydrogens (tertiary/aromatic N) is 2. The zero-order valence-corrected chi connectivity index (χ0v) is 15.7. The van der Waals surface area contributed by atoms with Gasteiger partial charge in [0, 0.05) is 15.6 Å². The fraction of sp³-hybridized carbons (Fsp3) is 0.278. The summed E-state index contributed by atoms with van der Waals surface area (Å²) in [6.07, 6.45) is -0.676. The Balaban J connectivity index is 1.73. The van der Waals surface area contributed by atoms with E-state index in [-0.39, 0.29) is 0 Å². The lowest BCUT2D eigenvalue weighted by molar-refractivity contribution is -0.131. The van der Waals surface area contributed by atoms with Crippen molar-refractivity contribution >= 4 is 45.2 Å². The van der Waals surface area contributed by atoms with Gasteiger partial charge in [-0.05, 0) is 45.5 Å². The smallest absolute Gasteiger partial charge is 0.268 e. The largest absolute Gasteiger partial charge is 0.343 e. The Kier molecular flexibility index (Phi) is 5.09.